The number of imide groups is 1. The van der Waals surface area contributed by atoms with Gasteiger partial charge in [0.1, 0.15) is 5.54 Å². The minimum absolute atomic E-state index is 0.0274. The number of urea groups is 1. The Labute approximate surface area is 176 Å². The number of benzene rings is 1. The summed E-state index contributed by atoms with van der Waals surface area (Å²) in [5.41, 5.74) is 0.485. The topological polar surface area (TPSA) is 137 Å². The predicted octanol–water partition coefficient (Wildman–Crippen LogP) is 0.549. The molecule has 0 unspecified atom stereocenters. The molecule has 1 aromatic carbocycles. The van der Waals surface area contributed by atoms with Crippen molar-refractivity contribution < 1.29 is 22.8 Å². The summed E-state index contributed by atoms with van der Waals surface area (Å²) in [5.74, 6) is -0.548. The summed E-state index contributed by atoms with van der Waals surface area (Å²) in [5, 5.41) is 8.41. The summed E-state index contributed by atoms with van der Waals surface area (Å²) in [6.45, 7) is 0.348. The molecule has 5 rings (SSSR count). The SMILES string of the molecule is O=C1NC(=O)C2(CCC(NC(=O)c3ccc4c(c3)SC3=NS(=O)(=O)CCN34)CC2)N1. The molecule has 0 aromatic heterocycles. The van der Waals surface area contributed by atoms with Crippen molar-refractivity contribution in [3.8, 4) is 0 Å². The number of anilines is 1. The van der Waals surface area contributed by atoms with Gasteiger partial charge in [-0.25, -0.2) is 13.2 Å². The molecule has 3 heterocycles. The Hall–Kier alpha value is -2.60. The molecule has 2 fully saturated rings. The summed E-state index contributed by atoms with van der Waals surface area (Å²) < 4.78 is 27.3. The van der Waals surface area contributed by atoms with Crippen LogP contribution in [-0.4, -0.2) is 55.3 Å². The van der Waals surface area contributed by atoms with Crippen molar-refractivity contribution in [2.24, 2.45) is 4.40 Å². The Morgan fingerprint density at radius 3 is 2.73 bits per heavy atom. The average molecular weight is 450 g/mol. The zero-order chi connectivity index (χ0) is 21.1. The maximum Gasteiger partial charge on any atom is 0.322 e. The molecule has 1 aliphatic carbocycles. The Balaban J connectivity index is 1.26. The monoisotopic (exact) mass is 449 g/mol. The smallest absolute Gasteiger partial charge is 0.322 e. The van der Waals surface area contributed by atoms with Crippen LogP contribution in [0, 0.1) is 0 Å². The lowest BCUT2D eigenvalue weighted by Gasteiger charge is -2.34. The van der Waals surface area contributed by atoms with Crippen molar-refractivity contribution in [2.75, 3.05) is 17.2 Å². The molecule has 10 nitrogen and oxygen atoms in total. The van der Waals surface area contributed by atoms with Crippen molar-refractivity contribution in [2.45, 2.75) is 42.2 Å². The van der Waals surface area contributed by atoms with Crippen molar-refractivity contribution in [1.29, 1.82) is 0 Å². The Kier molecular flexibility index (Phi) is 4.33. The third kappa shape index (κ3) is 3.23. The second-order valence-electron chi connectivity index (χ2n) is 7.83. The van der Waals surface area contributed by atoms with Gasteiger partial charge in [-0.1, -0.05) is 0 Å². The van der Waals surface area contributed by atoms with E-state index in [1.54, 1.807) is 12.1 Å². The van der Waals surface area contributed by atoms with E-state index < -0.39 is 21.6 Å². The molecule has 30 heavy (non-hydrogen) atoms. The minimum atomic E-state index is -3.43. The first kappa shape index (κ1) is 19.4. The Morgan fingerprint density at radius 1 is 1.27 bits per heavy atom. The minimum Gasteiger partial charge on any atom is -0.349 e. The van der Waals surface area contributed by atoms with E-state index in [1.165, 1.54) is 11.8 Å². The molecule has 158 valence electrons. The van der Waals surface area contributed by atoms with E-state index >= 15 is 0 Å². The number of carbonyl (C=O) groups excluding carboxylic acids is 3. The largest absolute Gasteiger partial charge is 0.349 e. The molecule has 0 radical (unpaired) electrons. The van der Waals surface area contributed by atoms with Gasteiger partial charge >= 0.3 is 6.03 Å². The zero-order valence-corrected chi connectivity index (χ0v) is 17.4. The number of hydrogen-bond acceptors (Lipinski definition) is 7. The van der Waals surface area contributed by atoms with Gasteiger partial charge in [0.05, 0.1) is 11.4 Å². The van der Waals surface area contributed by atoms with Crippen LogP contribution in [0.1, 0.15) is 36.0 Å². The molecule has 1 saturated heterocycles. The van der Waals surface area contributed by atoms with Crippen LogP contribution >= 0.6 is 11.8 Å². The van der Waals surface area contributed by atoms with E-state index in [1.807, 2.05) is 11.0 Å². The number of amidine groups is 1. The third-order valence-corrected chi connectivity index (χ3v) is 8.23. The van der Waals surface area contributed by atoms with Crippen molar-refractivity contribution >= 4 is 50.5 Å². The van der Waals surface area contributed by atoms with Crippen LogP contribution in [0.4, 0.5) is 10.5 Å². The number of fused-ring (bicyclic) bond motifs is 3. The number of nitrogens with zero attached hydrogens (tertiary/aromatic N) is 2. The fourth-order valence-corrected chi connectivity index (χ4v) is 6.57. The molecular weight excluding hydrogens is 430 g/mol. The van der Waals surface area contributed by atoms with E-state index in [9.17, 15) is 22.8 Å². The maximum absolute atomic E-state index is 12.8. The molecular formula is C18H19N5O5S2. The highest BCUT2D eigenvalue weighted by Gasteiger charge is 2.48. The van der Waals surface area contributed by atoms with Crippen molar-refractivity contribution in [3.63, 3.8) is 0 Å². The van der Waals surface area contributed by atoms with Crippen molar-refractivity contribution in [1.82, 2.24) is 16.0 Å². The Bertz CT molecular complexity index is 1110. The van der Waals surface area contributed by atoms with Gasteiger partial charge in [-0.3, -0.25) is 14.9 Å². The number of thioether (sulfide) groups is 1. The molecule has 4 aliphatic rings. The molecule has 1 spiro atoms. The fourth-order valence-electron chi connectivity index (χ4n) is 4.28. The van der Waals surface area contributed by atoms with E-state index in [4.69, 9.17) is 0 Å². The van der Waals surface area contributed by atoms with Crippen LogP contribution < -0.4 is 20.9 Å². The van der Waals surface area contributed by atoms with Crippen LogP contribution in [0.2, 0.25) is 0 Å². The first-order valence-corrected chi connectivity index (χ1v) is 12.0. The van der Waals surface area contributed by atoms with E-state index in [2.05, 4.69) is 20.3 Å². The summed E-state index contributed by atoms with van der Waals surface area (Å²) in [7, 11) is -3.43. The van der Waals surface area contributed by atoms with Gasteiger partial charge in [0, 0.05) is 23.0 Å². The van der Waals surface area contributed by atoms with E-state index in [-0.39, 0.29) is 23.6 Å². The second kappa shape index (κ2) is 6.71. The molecule has 1 saturated carbocycles. The van der Waals surface area contributed by atoms with Crippen LogP contribution in [0.5, 0.6) is 0 Å². The van der Waals surface area contributed by atoms with E-state index in [0.29, 0.717) is 43.0 Å². The first-order valence-electron chi connectivity index (χ1n) is 9.61. The average Bonchev–Trinajstić information content (AvgIpc) is 3.17. The summed E-state index contributed by atoms with van der Waals surface area (Å²) in [6.07, 6.45) is 2.11. The molecule has 0 bridgehead atoms. The molecule has 3 aliphatic heterocycles. The maximum atomic E-state index is 12.8. The van der Waals surface area contributed by atoms with Crippen molar-refractivity contribution in [3.05, 3.63) is 23.8 Å². The normalized spacial score (nSPS) is 29.0. The number of amides is 4. The van der Waals surface area contributed by atoms with Gasteiger partial charge in [0.2, 0.25) is 0 Å². The predicted molar refractivity (Wildman–Crippen MR) is 110 cm³/mol. The highest BCUT2D eigenvalue weighted by Crippen LogP contribution is 2.42. The molecule has 0 atom stereocenters. The quantitative estimate of drug-likeness (QED) is 0.561. The molecule has 3 N–H and O–H groups in total. The highest BCUT2D eigenvalue weighted by molar-refractivity contribution is 8.15. The summed E-state index contributed by atoms with van der Waals surface area (Å²) in [4.78, 5) is 38.9. The van der Waals surface area contributed by atoms with Gasteiger partial charge in [-0.05, 0) is 55.6 Å². The van der Waals surface area contributed by atoms with Crippen LogP contribution in [0.3, 0.4) is 0 Å². The lowest BCUT2D eigenvalue weighted by Crippen LogP contribution is -2.52. The number of rotatable bonds is 2. The lowest BCUT2D eigenvalue weighted by atomic mass is 9.79. The van der Waals surface area contributed by atoms with Gasteiger partial charge in [0.25, 0.3) is 21.8 Å². The van der Waals surface area contributed by atoms with Gasteiger partial charge in [-0.15, -0.1) is 4.40 Å². The van der Waals surface area contributed by atoms with Crippen LogP contribution in [-0.2, 0) is 14.8 Å². The summed E-state index contributed by atoms with van der Waals surface area (Å²) >= 11 is 1.25. The van der Waals surface area contributed by atoms with Gasteiger partial charge < -0.3 is 15.5 Å². The second-order valence-corrected chi connectivity index (χ2v) is 10.6. The van der Waals surface area contributed by atoms with Crippen LogP contribution in [0.25, 0.3) is 0 Å². The fraction of sp³-hybridized carbons (Fsp3) is 0.444. The third-order valence-electron chi connectivity index (χ3n) is 5.92. The first-order chi connectivity index (χ1) is 14.2. The molecule has 4 amide bonds. The molecule has 1 aromatic rings. The van der Waals surface area contributed by atoms with Gasteiger partial charge in [-0.2, -0.15) is 0 Å². The Morgan fingerprint density at radius 2 is 2.03 bits per heavy atom. The van der Waals surface area contributed by atoms with Crippen LogP contribution in [0.15, 0.2) is 27.5 Å². The van der Waals surface area contributed by atoms with Gasteiger partial charge in [0.15, 0.2) is 5.17 Å². The standard InChI is InChI=1S/C18H19N5O5S2/c24-14(19-11-3-5-18(6-4-11)15(25)20-16(26)21-18)10-1-2-12-13(9-10)29-17-22-30(27,28)8-7-23(12)17/h1-2,9,11H,3-8H2,(H,19,24)(H2,20,21,25,26). The lowest BCUT2D eigenvalue weighted by molar-refractivity contribution is -0.125. The molecule has 12 heteroatoms. The summed E-state index contributed by atoms with van der Waals surface area (Å²) in [6, 6.07) is 4.72. The number of carbonyl (C=O) groups is 3. The number of hydrogen-bond donors (Lipinski definition) is 3. The number of sulfonamides is 1. The number of nitrogens with one attached hydrogen (secondary N) is 3. The highest BCUT2D eigenvalue weighted by atomic mass is 32.2. The van der Waals surface area contributed by atoms with E-state index in [0.717, 1.165) is 10.6 Å². The zero-order valence-electron chi connectivity index (χ0n) is 15.8.